The summed E-state index contributed by atoms with van der Waals surface area (Å²) in [5.41, 5.74) is 8.66. The molecular formula is C9H8ClN3O4S. The fraction of sp³-hybridized carbons (Fsp3) is 0.222. The largest absolute Gasteiger partial charge is 0.478 e. The van der Waals surface area contributed by atoms with E-state index in [1.54, 1.807) is 0 Å². The molecule has 0 atom stereocenters. The van der Waals surface area contributed by atoms with Crippen molar-refractivity contribution in [2.24, 2.45) is 5.11 Å². The number of aromatic carboxylic acids is 1. The minimum absolute atomic E-state index is 0.0239. The Hall–Kier alpha value is -1.76. The minimum Gasteiger partial charge on any atom is -0.478 e. The van der Waals surface area contributed by atoms with Crippen LogP contribution in [0.5, 0.6) is 0 Å². The van der Waals surface area contributed by atoms with E-state index in [4.69, 9.17) is 21.3 Å². The normalized spacial score (nSPS) is 10.8. The molecular weight excluding hydrogens is 282 g/mol. The molecule has 0 radical (unpaired) electrons. The molecule has 1 aromatic carbocycles. The van der Waals surface area contributed by atoms with E-state index in [1.807, 2.05) is 0 Å². The van der Waals surface area contributed by atoms with Crippen LogP contribution in [0.2, 0.25) is 0 Å². The average molecular weight is 290 g/mol. The Morgan fingerprint density at radius 3 is 2.61 bits per heavy atom. The molecule has 9 heteroatoms. The van der Waals surface area contributed by atoms with Gasteiger partial charge in [-0.2, -0.15) is 0 Å². The fourth-order valence-corrected chi connectivity index (χ4v) is 2.45. The highest BCUT2D eigenvalue weighted by Gasteiger charge is 2.16. The summed E-state index contributed by atoms with van der Waals surface area (Å²) < 4.78 is 22.0. The quantitative estimate of drug-likeness (QED) is 0.396. The molecule has 0 aliphatic rings. The van der Waals surface area contributed by atoms with Crippen molar-refractivity contribution in [2.45, 2.75) is 12.7 Å². The number of nitrogens with zero attached hydrogens (tertiary/aromatic N) is 3. The third kappa shape index (κ3) is 3.63. The van der Waals surface area contributed by atoms with Crippen molar-refractivity contribution in [1.29, 1.82) is 0 Å². The molecule has 0 aromatic heterocycles. The molecule has 0 aliphatic carbocycles. The molecule has 0 saturated carbocycles. The predicted molar refractivity (Wildman–Crippen MR) is 65.4 cm³/mol. The second-order valence-corrected chi connectivity index (χ2v) is 6.23. The van der Waals surface area contributed by atoms with Gasteiger partial charge < -0.3 is 5.11 Å². The van der Waals surface area contributed by atoms with Gasteiger partial charge in [-0.15, -0.1) is 0 Å². The van der Waals surface area contributed by atoms with Crippen molar-refractivity contribution < 1.29 is 18.3 Å². The van der Waals surface area contributed by atoms with E-state index in [9.17, 15) is 13.2 Å². The molecule has 1 N–H and O–H groups in total. The molecule has 1 aromatic rings. The lowest BCUT2D eigenvalue weighted by atomic mass is 10.0. The van der Waals surface area contributed by atoms with Gasteiger partial charge in [0.1, 0.15) is 0 Å². The summed E-state index contributed by atoms with van der Waals surface area (Å²) in [6.07, 6.45) is 0. The third-order valence-corrected chi connectivity index (χ3v) is 3.20. The lowest BCUT2D eigenvalue weighted by Crippen LogP contribution is -2.05. The maximum atomic E-state index is 11.0. The van der Waals surface area contributed by atoms with Crippen LogP contribution in [0.3, 0.4) is 0 Å². The molecule has 0 amide bonds. The Bertz CT molecular complexity index is 650. The summed E-state index contributed by atoms with van der Waals surface area (Å²) in [7, 11) is 1.29. The van der Waals surface area contributed by atoms with Crippen LogP contribution < -0.4 is 0 Å². The van der Waals surface area contributed by atoms with Crippen LogP contribution in [-0.4, -0.2) is 19.5 Å². The Balaban J connectivity index is 3.49. The first-order chi connectivity index (χ1) is 8.24. The van der Waals surface area contributed by atoms with Gasteiger partial charge in [-0.25, -0.2) is 13.2 Å². The molecule has 96 valence electrons. The number of hydrogen-bond acceptors (Lipinski definition) is 4. The van der Waals surface area contributed by atoms with Gasteiger partial charge in [-0.05, 0) is 35.7 Å². The number of azide groups is 1. The smallest absolute Gasteiger partial charge is 0.335 e. The highest BCUT2D eigenvalue weighted by molar-refractivity contribution is 8.13. The van der Waals surface area contributed by atoms with Crippen molar-refractivity contribution in [3.63, 3.8) is 0 Å². The fourth-order valence-electron chi connectivity index (χ4n) is 1.42. The Morgan fingerprint density at radius 1 is 1.56 bits per heavy atom. The summed E-state index contributed by atoms with van der Waals surface area (Å²) in [6.45, 7) is 1.46. The van der Waals surface area contributed by atoms with Crippen LogP contribution in [0.15, 0.2) is 17.2 Å². The Kier molecular flexibility index (Phi) is 4.18. The topological polar surface area (TPSA) is 120 Å². The van der Waals surface area contributed by atoms with Crippen molar-refractivity contribution in [2.75, 3.05) is 0 Å². The zero-order chi connectivity index (χ0) is 13.9. The zero-order valence-corrected chi connectivity index (χ0v) is 10.7. The molecule has 0 bridgehead atoms. The Morgan fingerprint density at radius 2 is 2.17 bits per heavy atom. The number of benzene rings is 1. The van der Waals surface area contributed by atoms with Gasteiger partial charge in [0, 0.05) is 21.3 Å². The van der Waals surface area contributed by atoms with Crippen molar-refractivity contribution in [3.05, 3.63) is 39.3 Å². The van der Waals surface area contributed by atoms with Crippen LogP contribution in [0.4, 0.5) is 5.69 Å². The SMILES string of the molecule is Cc1c(CS(=O)(=O)Cl)cc(N=[N+]=[N-])cc1C(=O)O. The summed E-state index contributed by atoms with van der Waals surface area (Å²) in [5, 5.41) is 12.2. The maximum absolute atomic E-state index is 11.0. The van der Waals surface area contributed by atoms with Crippen molar-refractivity contribution in [1.82, 2.24) is 0 Å². The number of carbonyl (C=O) groups is 1. The first-order valence-electron chi connectivity index (χ1n) is 4.59. The van der Waals surface area contributed by atoms with E-state index in [-0.39, 0.29) is 22.4 Å². The molecule has 0 saturated heterocycles. The van der Waals surface area contributed by atoms with Crippen molar-refractivity contribution >= 4 is 31.4 Å². The van der Waals surface area contributed by atoms with Crippen molar-refractivity contribution in [3.8, 4) is 0 Å². The standard InChI is InChI=1S/C9H8ClN3O4S/c1-5-6(4-18(10,16)17)2-7(12-13-11)3-8(5)9(14)15/h2-3H,4H2,1H3,(H,14,15). The number of rotatable bonds is 4. The highest BCUT2D eigenvalue weighted by Crippen LogP contribution is 2.25. The summed E-state index contributed by atoms with van der Waals surface area (Å²) in [5.74, 6) is -1.77. The number of halogens is 1. The monoisotopic (exact) mass is 289 g/mol. The van der Waals surface area contributed by atoms with Gasteiger partial charge in [0.05, 0.1) is 11.3 Å². The Labute approximate surface area is 107 Å². The molecule has 0 fully saturated rings. The van der Waals surface area contributed by atoms with Crippen LogP contribution in [0.25, 0.3) is 10.4 Å². The lowest BCUT2D eigenvalue weighted by molar-refractivity contribution is 0.0696. The minimum atomic E-state index is -3.83. The summed E-state index contributed by atoms with van der Waals surface area (Å²) in [6, 6.07) is 2.46. The van der Waals surface area contributed by atoms with Crippen LogP contribution in [0, 0.1) is 6.92 Å². The second kappa shape index (κ2) is 5.26. The molecule has 7 nitrogen and oxygen atoms in total. The third-order valence-electron chi connectivity index (χ3n) is 2.22. The molecule has 0 unspecified atom stereocenters. The highest BCUT2D eigenvalue weighted by atomic mass is 35.7. The predicted octanol–water partition coefficient (Wildman–Crippen LogP) is 2.70. The van der Waals surface area contributed by atoms with Gasteiger partial charge in [-0.3, -0.25) is 0 Å². The van der Waals surface area contributed by atoms with Gasteiger partial charge in [0.25, 0.3) is 0 Å². The second-order valence-electron chi connectivity index (χ2n) is 3.46. The maximum Gasteiger partial charge on any atom is 0.335 e. The molecule has 0 heterocycles. The van der Waals surface area contributed by atoms with E-state index in [0.29, 0.717) is 0 Å². The van der Waals surface area contributed by atoms with E-state index < -0.39 is 20.8 Å². The number of carboxylic acid groups (broad SMARTS) is 1. The first-order valence-corrected chi connectivity index (χ1v) is 7.06. The molecule has 0 aliphatic heterocycles. The first kappa shape index (κ1) is 14.3. The van der Waals surface area contributed by atoms with Gasteiger partial charge in [0.2, 0.25) is 9.05 Å². The molecule has 0 spiro atoms. The average Bonchev–Trinajstić information content (AvgIpc) is 2.20. The zero-order valence-electron chi connectivity index (χ0n) is 9.16. The summed E-state index contributed by atoms with van der Waals surface area (Å²) >= 11 is 0. The lowest BCUT2D eigenvalue weighted by Gasteiger charge is -2.08. The van der Waals surface area contributed by atoms with E-state index in [1.165, 1.54) is 19.1 Å². The number of carboxylic acids is 1. The molecule has 1 rings (SSSR count). The van der Waals surface area contributed by atoms with Gasteiger partial charge in [0.15, 0.2) is 0 Å². The molecule has 18 heavy (non-hydrogen) atoms. The van der Waals surface area contributed by atoms with Gasteiger partial charge >= 0.3 is 5.97 Å². The van der Waals surface area contributed by atoms with Gasteiger partial charge in [-0.1, -0.05) is 5.11 Å². The van der Waals surface area contributed by atoms with E-state index in [0.717, 1.165) is 0 Å². The van der Waals surface area contributed by atoms with Crippen LogP contribution in [-0.2, 0) is 14.8 Å². The number of hydrogen-bond donors (Lipinski definition) is 1. The van der Waals surface area contributed by atoms with E-state index in [2.05, 4.69) is 10.0 Å². The summed E-state index contributed by atoms with van der Waals surface area (Å²) in [4.78, 5) is 13.5. The van der Waals surface area contributed by atoms with Crippen LogP contribution in [0.1, 0.15) is 21.5 Å². The van der Waals surface area contributed by atoms with Crippen LogP contribution >= 0.6 is 10.7 Å². The van der Waals surface area contributed by atoms with E-state index >= 15 is 0 Å².